The summed E-state index contributed by atoms with van der Waals surface area (Å²) in [4.78, 5) is 15.8. The molecule has 5 heteroatoms. The molecule has 4 nitrogen and oxygen atoms in total. The average Bonchev–Trinajstić information content (AvgIpc) is 2.62. The number of carboxylic acid groups (broad SMARTS) is 1. The lowest BCUT2D eigenvalue weighted by Crippen LogP contribution is -2.28. The van der Waals surface area contributed by atoms with Gasteiger partial charge in [0.05, 0.1) is 21.9 Å². The number of hydrogen-bond donors (Lipinski definition) is 2. The van der Waals surface area contributed by atoms with Gasteiger partial charge < -0.3 is 10.4 Å². The van der Waals surface area contributed by atoms with Gasteiger partial charge in [-0.3, -0.25) is 4.98 Å². The molecule has 0 spiro atoms. The predicted molar refractivity (Wildman–Crippen MR) is 74.7 cm³/mol. The van der Waals surface area contributed by atoms with Crippen LogP contribution in [0.15, 0.2) is 24.3 Å². The minimum Gasteiger partial charge on any atom is -0.480 e. The van der Waals surface area contributed by atoms with E-state index in [0.29, 0.717) is 17.1 Å². The number of halogens is 1. The first-order valence-corrected chi connectivity index (χ1v) is 6.61. The summed E-state index contributed by atoms with van der Waals surface area (Å²) in [5, 5.41) is 13.6. The first-order chi connectivity index (χ1) is 9.16. The van der Waals surface area contributed by atoms with Crippen molar-refractivity contribution in [3.8, 4) is 0 Å². The zero-order valence-corrected chi connectivity index (χ0v) is 10.9. The van der Waals surface area contributed by atoms with Crippen LogP contribution in [0.4, 0.5) is 5.69 Å². The number of carboxylic acids is 1. The zero-order valence-electron chi connectivity index (χ0n) is 10.2. The second-order valence-electron chi connectivity index (χ2n) is 4.69. The van der Waals surface area contributed by atoms with Crippen LogP contribution in [0, 0.1) is 0 Å². The molecule has 1 aliphatic rings. The van der Waals surface area contributed by atoms with Crippen molar-refractivity contribution < 1.29 is 9.90 Å². The van der Waals surface area contributed by atoms with E-state index in [1.165, 1.54) is 0 Å². The molecule has 0 fully saturated rings. The molecule has 0 amide bonds. The van der Waals surface area contributed by atoms with Gasteiger partial charge in [-0.1, -0.05) is 29.8 Å². The van der Waals surface area contributed by atoms with Crippen molar-refractivity contribution in [2.24, 2.45) is 0 Å². The normalized spacial score (nSPS) is 18.5. The summed E-state index contributed by atoms with van der Waals surface area (Å²) in [6, 6.07) is 7.03. The van der Waals surface area contributed by atoms with Crippen LogP contribution >= 0.6 is 11.6 Å². The minimum absolute atomic E-state index is 0.564. The van der Waals surface area contributed by atoms with Gasteiger partial charge in [0.15, 0.2) is 0 Å². The Kier molecular flexibility index (Phi) is 3.03. The second kappa shape index (κ2) is 4.70. The minimum atomic E-state index is -0.850. The fraction of sp³-hybridized carbons (Fsp3) is 0.286. The maximum absolute atomic E-state index is 11.2. The lowest BCUT2D eigenvalue weighted by molar-refractivity contribution is -0.138. The molecule has 98 valence electrons. The molecule has 1 aromatic carbocycles. The van der Waals surface area contributed by atoms with E-state index in [0.717, 1.165) is 29.4 Å². The lowest BCUT2D eigenvalue weighted by atomic mass is 10.1. The molecule has 2 aromatic rings. The fourth-order valence-corrected chi connectivity index (χ4v) is 2.78. The van der Waals surface area contributed by atoms with Crippen LogP contribution in [0.25, 0.3) is 10.9 Å². The molecule has 1 atom stereocenters. The van der Waals surface area contributed by atoms with Crippen molar-refractivity contribution in [1.29, 1.82) is 0 Å². The van der Waals surface area contributed by atoms with Crippen LogP contribution in [-0.2, 0) is 11.2 Å². The Morgan fingerprint density at radius 1 is 1.42 bits per heavy atom. The highest BCUT2D eigenvalue weighted by molar-refractivity contribution is 6.38. The monoisotopic (exact) mass is 276 g/mol. The number of aliphatic carboxylic acids is 1. The van der Waals surface area contributed by atoms with Crippen molar-refractivity contribution in [2.45, 2.75) is 25.3 Å². The maximum atomic E-state index is 11.2. The van der Waals surface area contributed by atoms with Gasteiger partial charge in [-0.25, -0.2) is 4.79 Å². The van der Waals surface area contributed by atoms with Gasteiger partial charge in [0.2, 0.25) is 0 Å². The number of aryl methyl sites for hydroxylation is 1. The van der Waals surface area contributed by atoms with Crippen molar-refractivity contribution in [3.05, 3.63) is 35.0 Å². The Hall–Kier alpha value is -1.81. The summed E-state index contributed by atoms with van der Waals surface area (Å²) in [7, 11) is 0. The molecule has 1 aromatic heterocycles. The summed E-state index contributed by atoms with van der Waals surface area (Å²) in [5.41, 5.74) is 2.37. The number of fused-ring (bicyclic) bond motifs is 2. The van der Waals surface area contributed by atoms with Gasteiger partial charge in [-0.2, -0.15) is 0 Å². The Bertz CT molecular complexity index is 657. The topological polar surface area (TPSA) is 62.2 Å². The number of benzene rings is 1. The number of nitrogens with one attached hydrogen (secondary N) is 1. The highest BCUT2D eigenvalue weighted by Gasteiger charge is 2.24. The number of anilines is 1. The van der Waals surface area contributed by atoms with Gasteiger partial charge in [0.25, 0.3) is 0 Å². The van der Waals surface area contributed by atoms with Crippen LogP contribution in [0.3, 0.4) is 0 Å². The van der Waals surface area contributed by atoms with E-state index >= 15 is 0 Å². The molecule has 0 saturated heterocycles. The van der Waals surface area contributed by atoms with Crippen molar-refractivity contribution in [3.63, 3.8) is 0 Å². The third kappa shape index (κ3) is 2.12. The van der Waals surface area contributed by atoms with Crippen molar-refractivity contribution >= 4 is 34.2 Å². The highest BCUT2D eigenvalue weighted by atomic mass is 35.5. The van der Waals surface area contributed by atoms with Crippen LogP contribution in [-0.4, -0.2) is 22.1 Å². The molecule has 2 N–H and O–H groups in total. The standard InChI is InChI=1S/C14H13ClN2O2/c15-12-8-4-1-2-5-9(8)16-10-6-3-7-11(14(18)19)17-13(10)12/h1-2,4-5,11,17H,3,6-7H2,(H,18,19). The molecule has 1 aliphatic heterocycles. The molecular formula is C14H13ClN2O2. The van der Waals surface area contributed by atoms with Crippen molar-refractivity contribution in [1.82, 2.24) is 4.98 Å². The Morgan fingerprint density at radius 3 is 3.00 bits per heavy atom. The number of rotatable bonds is 1. The van der Waals surface area contributed by atoms with E-state index in [1.807, 2.05) is 24.3 Å². The quantitative estimate of drug-likeness (QED) is 0.840. The lowest BCUT2D eigenvalue weighted by Gasteiger charge is -2.15. The first kappa shape index (κ1) is 12.2. The largest absolute Gasteiger partial charge is 0.480 e. The molecule has 0 aliphatic carbocycles. The van der Waals surface area contributed by atoms with E-state index in [9.17, 15) is 4.79 Å². The summed E-state index contributed by atoms with van der Waals surface area (Å²) in [6.45, 7) is 0. The molecule has 0 bridgehead atoms. The highest BCUT2D eigenvalue weighted by Crippen LogP contribution is 2.35. The van der Waals surface area contributed by atoms with Crippen LogP contribution in [0.5, 0.6) is 0 Å². The zero-order chi connectivity index (χ0) is 13.4. The molecule has 0 radical (unpaired) electrons. The van der Waals surface area contributed by atoms with Crippen LogP contribution in [0.1, 0.15) is 18.5 Å². The summed E-state index contributed by atoms with van der Waals surface area (Å²) in [5.74, 6) is -0.850. The predicted octanol–water partition coefficient (Wildman–Crippen LogP) is 3.09. The number of hydrogen-bond acceptors (Lipinski definition) is 3. The molecular weight excluding hydrogens is 264 g/mol. The average molecular weight is 277 g/mol. The summed E-state index contributed by atoms with van der Waals surface area (Å²) in [6.07, 6.45) is 2.12. The molecule has 3 rings (SSSR count). The number of carbonyl (C=O) groups is 1. The van der Waals surface area contributed by atoms with Gasteiger partial charge in [0, 0.05) is 5.39 Å². The van der Waals surface area contributed by atoms with E-state index in [2.05, 4.69) is 10.3 Å². The van der Waals surface area contributed by atoms with Crippen LogP contribution < -0.4 is 5.32 Å². The molecule has 0 saturated carbocycles. The van der Waals surface area contributed by atoms with Gasteiger partial charge in [-0.15, -0.1) is 0 Å². The maximum Gasteiger partial charge on any atom is 0.326 e. The molecule has 1 unspecified atom stereocenters. The number of para-hydroxylation sites is 1. The Morgan fingerprint density at radius 2 is 2.21 bits per heavy atom. The van der Waals surface area contributed by atoms with E-state index in [4.69, 9.17) is 16.7 Å². The second-order valence-corrected chi connectivity index (χ2v) is 5.07. The Labute approximate surface area is 115 Å². The van der Waals surface area contributed by atoms with Crippen molar-refractivity contribution in [2.75, 3.05) is 5.32 Å². The number of nitrogens with zero attached hydrogens (tertiary/aromatic N) is 1. The van der Waals surface area contributed by atoms with E-state index in [-0.39, 0.29) is 0 Å². The fourth-order valence-electron chi connectivity index (χ4n) is 2.45. The Balaban J connectivity index is 2.17. The third-order valence-corrected chi connectivity index (χ3v) is 3.82. The van der Waals surface area contributed by atoms with Crippen LogP contribution in [0.2, 0.25) is 5.02 Å². The summed E-state index contributed by atoms with van der Waals surface area (Å²) < 4.78 is 0. The summed E-state index contributed by atoms with van der Waals surface area (Å²) >= 11 is 6.41. The third-order valence-electron chi connectivity index (χ3n) is 3.43. The van der Waals surface area contributed by atoms with E-state index in [1.54, 1.807) is 0 Å². The van der Waals surface area contributed by atoms with Gasteiger partial charge >= 0.3 is 5.97 Å². The number of aromatic nitrogens is 1. The van der Waals surface area contributed by atoms with Gasteiger partial charge in [-0.05, 0) is 25.3 Å². The SMILES string of the molecule is O=C(O)C1CCCc2nc3ccccc3c(Cl)c2N1. The number of pyridine rings is 1. The molecule has 19 heavy (non-hydrogen) atoms. The first-order valence-electron chi connectivity index (χ1n) is 6.23. The van der Waals surface area contributed by atoms with E-state index < -0.39 is 12.0 Å². The van der Waals surface area contributed by atoms with Gasteiger partial charge in [0.1, 0.15) is 6.04 Å². The molecule has 2 heterocycles. The smallest absolute Gasteiger partial charge is 0.326 e.